The summed E-state index contributed by atoms with van der Waals surface area (Å²) >= 11 is 3.23. The molecule has 3 N–H and O–H groups in total. The molecule has 0 saturated heterocycles. The van der Waals surface area contributed by atoms with Gasteiger partial charge >= 0.3 is 0 Å². The summed E-state index contributed by atoms with van der Waals surface area (Å²) in [6.45, 7) is 0. The van der Waals surface area contributed by atoms with Crippen molar-refractivity contribution in [2.24, 2.45) is 0 Å². The lowest BCUT2D eigenvalue weighted by molar-refractivity contribution is 0.627. The highest BCUT2D eigenvalue weighted by Crippen LogP contribution is 2.26. The number of rotatable bonds is 2. The summed E-state index contributed by atoms with van der Waals surface area (Å²) in [6, 6.07) is 9.37. The van der Waals surface area contributed by atoms with Crippen LogP contribution in [0, 0.1) is 17.1 Å². The molecule has 0 saturated carbocycles. The van der Waals surface area contributed by atoms with E-state index in [0.717, 1.165) is 0 Å². The van der Waals surface area contributed by atoms with Gasteiger partial charge < -0.3 is 11.1 Å². The van der Waals surface area contributed by atoms with Crippen LogP contribution in [0.3, 0.4) is 0 Å². The van der Waals surface area contributed by atoms with Gasteiger partial charge in [0.2, 0.25) is 0 Å². The van der Waals surface area contributed by atoms with E-state index in [0.29, 0.717) is 21.7 Å². The van der Waals surface area contributed by atoms with Gasteiger partial charge in [0.05, 0.1) is 11.4 Å². The molecular formula is C12H8BrFN4. The summed E-state index contributed by atoms with van der Waals surface area (Å²) in [7, 11) is 0. The van der Waals surface area contributed by atoms with E-state index in [1.165, 1.54) is 12.1 Å². The lowest BCUT2D eigenvalue weighted by Crippen LogP contribution is -1.99. The largest absolute Gasteiger partial charge is 0.396 e. The van der Waals surface area contributed by atoms with E-state index in [2.05, 4.69) is 26.2 Å². The van der Waals surface area contributed by atoms with Gasteiger partial charge in [0.1, 0.15) is 17.7 Å². The number of pyridine rings is 1. The number of nitrogens with zero attached hydrogens (tertiary/aromatic N) is 2. The minimum absolute atomic E-state index is 0.151. The number of aromatic nitrogens is 1. The molecule has 0 spiro atoms. The summed E-state index contributed by atoms with van der Waals surface area (Å²) in [4.78, 5) is 4.04. The van der Waals surface area contributed by atoms with Crippen LogP contribution in [0.25, 0.3) is 0 Å². The first-order valence-electron chi connectivity index (χ1n) is 4.99. The summed E-state index contributed by atoms with van der Waals surface area (Å²) in [5.41, 5.74) is 6.69. The molecule has 4 nitrogen and oxygen atoms in total. The number of nitrogens with one attached hydrogen (secondary N) is 1. The fraction of sp³-hybridized carbons (Fsp3) is 0. The molecule has 2 aromatic rings. The van der Waals surface area contributed by atoms with Crippen molar-refractivity contribution in [3.8, 4) is 6.07 Å². The highest BCUT2D eigenvalue weighted by atomic mass is 79.9. The van der Waals surface area contributed by atoms with Gasteiger partial charge in [-0.1, -0.05) is 0 Å². The molecule has 18 heavy (non-hydrogen) atoms. The van der Waals surface area contributed by atoms with Gasteiger partial charge in [0.25, 0.3) is 0 Å². The molecule has 1 aromatic carbocycles. The van der Waals surface area contributed by atoms with Crippen molar-refractivity contribution >= 4 is 33.1 Å². The number of halogens is 2. The third kappa shape index (κ3) is 2.57. The SMILES string of the molecule is N#Cc1nc(Nc2ccc(F)cc2Br)ccc1N. The Kier molecular flexibility index (Phi) is 3.44. The number of nitriles is 1. The summed E-state index contributed by atoms with van der Waals surface area (Å²) in [5, 5.41) is 11.8. The zero-order chi connectivity index (χ0) is 13.1. The Hall–Kier alpha value is -2.13. The van der Waals surface area contributed by atoms with Crippen molar-refractivity contribution in [1.82, 2.24) is 4.98 Å². The predicted octanol–water partition coefficient (Wildman–Crippen LogP) is 3.18. The zero-order valence-corrected chi connectivity index (χ0v) is 10.7. The average molecular weight is 307 g/mol. The van der Waals surface area contributed by atoms with Crippen molar-refractivity contribution in [2.45, 2.75) is 0 Å². The molecular weight excluding hydrogens is 299 g/mol. The van der Waals surface area contributed by atoms with Crippen molar-refractivity contribution in [2.75, 3.05) is 11.1 Å². The van der Waals surface area contributed by atoms with Gasteiger partial charge in [-0.2, -0.15) is 5.26 Å². The second-order valence-electron chi connectivity index (χ2n) is 3.50. The van der Waals surface area contributed by atoms with Crippen molar-refractivity contribution in [3.63, 3.8) is 0 Å². The van der Waals surface area contributed by atoms with Crippen LogP contribution in [-0.2, 0) is 0 Å². The van der Waals surface area contributed by atoms with E-state index in [4.69, 9.17) is 11.0 Å². The molecule has 1 heterocycles. The highest BCUT2D eigenvalue weighted by molar-refractivity contribution is 9.10. The van der Waals surface area contributed by atoms with Crippen LogP contribution >= 0.6 is 15.9 Å². The number of hydrogen-bond acceptors (Lipinski definition) is 4. The monoisotopic (exact) mass is 306 g/mol. The normalized spacial score (nSPS) is 9.83. The lowest BCUT2D eigenvalue weighted by Gasteiger charge is -2.08. The summed E-state index contributed by atoms with van der Waals surface area (Å²) in [6.07, 6.45) is 0. The molecule has 6 heteroatoms. The third-order valence-electron chi connectivity index (χ3n) is 2.23. The fourth-order valence-corrected chi connectivity index (χ4v) is 1.81. The van der Waals surface area contributed by atoms with Crippen LogP contribution in [0.1, 0.15) is 5.69 Å². The molecule has 0 aliphatic carbocycles. The molecule has 1 aromatic heterocycles. The number of nitrogen functional groups attached to an aromatic ring is 1. The second-order valence-corrected chi connectivity index (χ2v) is 4.35. The van der Waals surface area contributed by atoms with E-state index >= 15 is 0 Å². The van der Waals surface area contributed by atoms with Gasteiger partial charge in [-0.25, -0.2) is 9.37 Å². The maximum Gasteiger partial charge on any atom is 0.165 e. The Balaban J connectivity index is 2.32. The number of hydrogen-bond donors (Lipinski definition) is 2. The van der Waals surface area contributed by atoms with E-state index in [1.54, 1.807) is 18.2 Å². The summed E-state index contributed by atoms with van der Waals surface area (Å²) in [5.74, 6) is 0.128. The maximum atomic E-state index is 12.9. The third-order valence-corrected chi connectivity index (χ3v) is 2.88. The first-order chi connectivity index (χ1) is 8.60. The minimum atomic E-state index is -0.338. The topological polar surface area (TPSA) is 74.7 Å². The minimum Gasteiger partial charge on any atom is -0.396 e. The lowest BCUT2D eigenvalue weighted by atomic mass is 10.3. The van der Waals surface area contributed by atoms with E-state index in [9.17, 15) is 4.39 Å². The second kappa shape index (κ2) is 5.02. The molecule has 0 unspecified atom stereocenters. The van der Waals surface area contributed by atoms with Crippen LogP contribution in [0.2, 0.25) is 0 Å². The first-order valence-corrected chi connectivity index (χ1v) is 5.78. The Bertz CT molecular complexity index is 636. The molecule has 90 valence electrons. The molecule has 0 fully saturated rings. The van der Waals surface area contributed by atoms with Crippen molar-refractivity contribution < 1.29 is 4.39 Å². The number of benzene rings is 1. The first kappa shape index (κ1) is 12.3. The molecule has 2 rings (SSSR count). The number of anilines is 3. The van der Waals surface area contributed by atoms with Crippen LogP contribution < -0.4 is 11.1 Å². The summed E-state index contributed by atoms with van der Waals surface area (Å²) < 4.78 is 13.5. The molecule has 0 aliphatic heterocycles. The van der Waals surface area contributed by atoms with E-state index in [-0.39, 0.29) is 11.5 Å². The van der Waals surface area contributed by atoms with E-state index < -0.39 is 0 Å². The number of nitrogens with two attached hydrogens (primary N) is 1. The van der Waals surface area contributed by atoms with Crippen molar-refractivity contribution in [3.05, 3.63) is 46.3 Å². The van der Waals surface area contributed by atoms with Gasteiger partial charge in [-0.15, -0.1) is 0 Å². The van der Waals surface area contributed by atoms with Crippen LogP contribution in [0.5, 0.6) is 0 Å². The Morgan fingerprint density at radius 3 is 2.78 bits per heavy atom. The molecule has 0 atom stereocenters. The van der Waals surface area contributed by atoms with Crippen LogP contribution in [0.4, 0.5) is 21.6 Å². The maximum absolute atomic E-state index is 12.9. The molecule has 0 aliphatic rings. The van der Waals surface area contributed by atoms with E-state index in [1.807, 2.05) is 6.07 Å². The van der Waals surface area contributed by atoms with Gasteiger partial charge in [-0.3, -0.25) is 0 Å². The molecule has 0 bridgehead atoms. The van der Waals surface area contributed by atoms with Gasteiger partial charge in [-0.05, 0) is 46.3 Å². The van der Waals surface area contributed by atoms with Crippen molar-refractivity contribution in [1.29, 1.82) is 5.26 Å². The zero-order valence-electron chi connectivity index (χ0n) is 9.11. The molecule has 0 radical (unpaired) electrons. The van der Waals surface area contributed by atoms with Gasteiger partial charge in [0, 0.05) is 4.47 Å². The predicted molar refractivity (Wildman–Crippen MR) is 70.7 cm³/mol. The Labute approximate surface area is 111 Å². The van der Waals surface area contributed by atoms with Gasteiger partial charge in [0.15, 0.2) is 5.69 Å². The van der Waals surface area contributed by atoms with Crippen LogP contribution in [-0.4, -0.2) is 4.98 Å². The quantitative estimate of drug-likeness (QED) is 0.893. The standard InChI is InChI=1S/C12H8BrFN4/c13-8-5-7(14)1-3-10(8)17-12-4-2-9(16)11(6-15)18-12/h1-5H,16H2,(H,17,18). The molecule has 0 amide bonds. The smallest absolute Gasteiger partial charge is 0.165 e. The van der Waals surface area contributed by atoms with Crippen LogP contribution in [0.15, 0.2) is 34.8 Å². The Morgan fingerprint density at radius 1 is 1.33 bits per heavy atom. The fourth-order valence-electron chi connectivity index (χ4n) is 1.36. The Morgan fingerprint density at radius 2 is 2.11 bits per heavy atom. The highest BCUT2D eigenvalue weighted by Gasteiger charge is 2.05. The average Bonchev–Trinajstić information content (AvgIpc) is 2.35.